The Balaban J connectivity index is 1.61. The number of anilines is 1. The third kappa shape index (κ3) is 2.91. The highest BCUT2D eigenvalue weighted by Gasteiger charge is 2.29. The Labute approximate surface area is 139 Å². The fourth-order valence-electron chi connectivity index (χ4n) is 2.50. The van der Waals surface area contributed by atoms with Crippen molar-refractivity contribution in [3.05, 3.63) is 24.0 Å². The molecular weight excluding hydrogens is 332 g/mol. The Morgan fingerprint density at radius 2 is 1.96 bits per heavy atom. The molecule has 0 unspecified atom stereocenters. The lowest BCUT2D eigenvalue weighted by molar-refractivity contribution is 0.297. The number of aryl methyl sites for hydroxylation is 1. The van der Waals surface area contributed by atoms with Gasteiger partial charge in [-0.15, -0.1) is 0 Å². The Kier molecular flexibility index (Phi) is 3.60. The summed E-state index contributed by atoms with van der Waals surface area (Å²) in [5.41, 5.74) is 0. The van der Waals surface area contributed by atoms with Crippen LogP contribution in [-0.2, 0) is 17.1 Å². The van der Waals surface area contributed by atoms with E-state index in [4.69, 9.17) is 9.47 Å². The molecule has 1 aromatic carbocycles. The first-order chi connectivity index (χ1) is 11.5. The van der Waals surface area contributed by atoms with Crippen LogP contribution < -0.4 is 14.2 Å². The summed E-state index contributed by atoms with van der Waals surface area (Å²) in [5.74, 6) is 2.25. The van der Waals surface area contributed by atoms with Crippen LogP contribution in [0.5, 0.6) is 11.5 Å². The molecular formula is C15H18N4O4S. The molecule has 0 spiro atoms. The lowest BCUT2D eigenvalue weighted by Crippen LogP contribution is -2.16. The maximum Gasteiger partial charge on any atom is 0.264 e. The van der Waals surface area contributed by atoms with Gasteiger partial charge in [0.2, 0.25) is 5.95 Å². The molecule has 1 N–H and O–H groups in total. The maximum atomic E-state index is 12.6. The summed E-state index contributed by atoms with van der Waals surface area (Å²) in [6.07, 6.45) is 2.87. The number of hydrogen-bond donors (Lipinski definition) is 1. The second-order valence-corrected chi connectivity index (χ2v) is 7.64. The van der Waals surface area contributed by atoms with Gasteiger partial charge in [-0.05, 0) is 25.0 Å². The van der Waals surface area contributed by atoms with Gasteiger partial charge in [0.1, 0.15) is 0 Å². The van der Waals surface area contributed by atoms with Crippen molar-refractivity contribution in [3.63, 3.8) is 0 Å². The average Bonchev–Trinajstić information content (AvgIpc) is 3.35. The largest absolute Gasteiger partial charge is 0.490 e. The minimum Gasteiger partial charge on any atom is -0.490 e. The van der Waals surface area contributed by atoms with Crippen LogP contribution in [0, 0.1) is 0 Å². The number of aromatic nitrogens is 3. The Morgan fingerprint density at radius 3 is 2.71 bits per heavy atom. The molecule has 8 nitrogen and oxygen atoms in total. The number of sulfonamides is 1. The summed E-state index contributed by atoms with van der Waals surface area (Å²) in [6, 6.07) is 4.58. The molecule has 0 atom stereocenters. The van der Waals surface area contributed by atoms with E-state index in [9.17, 15) is 8.42 Å². The van der Waals surface area contributed by atoms with Gasteiger partial charge in [0.25, 0.3) is 10.0 Å². The van der Waals surface area contributed by atoms with E-state index < -0.39 is 10.0 Å². The van der Waals surface area contributed by atoms with E-state index in [0.717, 1.165) is 19.3 Å². The molecule has 9 heteroatoms. The van der Waals surface area contributed by atoms with Crippen molar-refractivity contribution >= 4 is 16.0 Å². The monoisotopic (exact) mass is 350 g/mol. The van der Waals surface area contributed by atoms with Crippen molar-refractivity contribution < 1.29 is 17.9 Å². The predicted molar refractivity (Wildman–Crippen MR) is 85.8 cm³/mol. The molecule has 24 heavy (non-hydrogen) atoms. The van der Waals surface area contributed by atoms with Gasteiger partial charge in [0.15, 0.2) is 17.3 Å². The number of ether oxygens (including phenoxy) is 2. The van der Waals surface area contributed by atoms with E-state index in [1.807, 2.05) is 0 Å². The molecule has 2 aliphatic rings. The van der Waals surface area contributed by atoms with Crippen molar-refractivity contribution in [2.24, 2.45) is 7.05 Å². The highest BCUT2D eigenvalue weighted by atomic mass is 32.2. The molecule has 0 amide bonds. The van der Waals surface area contributed by atoms with Crippen LogP contribution in [0.25, 0.3) is 0 Å². The number of nitrogens with zero attached hydrogens (tertiary/aromatic N) is 3. The van der Waals surface area contributed by atoms with Crippen molar-refractivity contribution in [2.75, 3.05) is 17.9 Å². The molecule has 0 saturated heterocycles. The van der Waals surface area contributed by atoms with Gasteiger partial charge in [-0.1, -0.05) is 0 Å². The minimum atomic E-state index is -3.78. The number of fused-ring (bicyclic) bond motifs is 1. The van der Waals surface area contributed by atoms with E-state index in [1.54, 1.807) is 13.1 Å². The summed E-state index contributed by atoms with van der Waals surface area (Å²) in [5, 5.41) is 4.27. The predicted octanol–water partition coefficient (Wildman–Crippen LogP) is 1.65. The molecule has 128 valence electrons. The number of hydrogen-bond acceptors (Lipinski definition) is 6. The second-order valence-electron chi connectivity index (χ2n) is 5.96. The molecule has 0 radical (unpaired) electrons. The van der Waals surface area contributed by atoms with E-state index in [-0.39, 0.29) is 10.8 Å². The number of rotatable bonds is 4. The Hall–Kier alpha value is -2.29. The quantitative estimate of drug-likeness (QED) is 0.901. The molecule has 2 heterocycles. The summed E-state index contributed by atoms with van der Waals surface area (Å²) in [7, 11) is -2.11. The van der Waals surface area contributed by atoms with Gasteiger partial charge < -0.3 is 9.47 Å². The van der Waals surface area contributed by atoms with Crippen LogP contribution in [0.3, 0.4) is 0 Å². The average molecular weight is 350 g/mol. The molecule has 1 aliphatic heterocycles. The van der Waals surface area contributed by atoms with E-state index in [2.05, 4.69) is 14.8 Å². The third-order valence-electron chi connectivity index (χ3n) is 3.98. The van der Waals surface area contributed by atoms with Crippen molar-refractivity contribution in [3.8, 4) is 11.5 Å². The van der Waals surface area contributed by atoms with Crippen molar-refractivity contribution in [1.29, 1.82) is 0 Å². The minimum absolute atomic E-state index is 0.0997. The van der Waals surface area contributed by atoms with Gasteiger partial charge in [0, 0.05) is 25.5 Å². The third-order valence-corrected chi connectivity index (χ3v) is 5.30. The van der Waals surface area contributed by atoms with Crippen molar-refractivity contribution in [2.45, 2.75) is 30.1 Å². The summed E-state index contributed by atoms with van der Waals surface area (Å²) < 4.78 is 40.3. The molecule has 0 bridgehead atoms. The SMILES string of the molecule is Cn1nc(C2CC2)nc1NS(=O)(=O)c1ccc2c(c1)OCCCO2. The fraction of sp³-hybridized carbons (Fsp3) is 0.467. The van der Waals surface area contributed by atoms with E-state index in [1.165, 1.54) is 16.8 Å². The van der Waals surface area contributed by atoms with Crippen LogP contribution in [-0.4, -0.2) is 36.4 Å². The molecule has 2 aromatic rings. The van der Waals surface area contributed by atoms with Crippen LogP contribution in [0.2, 0.25) is 0 Å². The van der Waals surface area contributed by atoms with Gasteiger partial charge >= 0.3 is 0 Å². The van der Waals surface area contributed by atoms with E-state index in [0.29, 0.717) is 36.5 Å². The first kappa shape index (κ1) is 15.3. The maximum absolute atomic E-state index is 12.6. The molecule has 1 aromatic heterocycles. The normalized spacial score (nSPS) is 17.4. The molecule has 4 rings (SSSR count). The first-order valence-corrected chi connectivity index (χ1v) is 9.35. The number of benzene rings is 1. The lowest BCUT2D eigenvalue weighted by Gasteiger charge is -2.10. The zero-order valence-electron chi connectivity index (χ0n) is 13.2. The molecule has 1 fully saturated rings. The summed E-state index contributed by atoms with van der Waals surface area (Å²) in [4.78, 5) is 4.39. The van der Waals surface area contributed by atoms with Gasteiger partial charge in [0.05, 0.1) is 18.1 Å². The molecule has 1 aliphatic carbocycles. The zero-order chi connectivity index (χ0) is 16.7. The Morgan fingerprint density at radius 1 is 1.21 bits per heavy atom. The van der Waals surface area contributed by atoms with Crippen LogP contribution in [0.15, 0.2) is 23.1 Å². The van der Waals surface area contributed by atoms with Gasteiger partial charge in [-0.3, -0.25) is 0 Å². The lowest BCUT2D eigenvalue weighted by atomic mass is 10.3. The fourth-order valence-corrected chi connectivity index (χ4v) is 3.54. The summed E-state index contributed by atoms with van der Waals surface area (Å²) >= 11 is 0. The smallest absolute Gasteiger partial charge is 0.264 e. The first-order valence-electron chi connectivity index (χ1n) is 7.86. The van der Waals surface area contributed by atoms with E-state index >= 15 is 0 Å². The van der Waals surface area contributed by atoms with Crippen LogP contribution in [0.1, 0.15) is 31.0 Å². The highest BCUT2D eigenvalue weighted by molar-refractivity contribution is 7.92. The molecule has 1 saturated carbocycles. The number of nitrogens with one attached hydrogen (secondary N) is 1. The Bertz CT molecular complexity index is 874. The van der Waals surface area contributed by atoms with Gasteiger partial charge in [-0.25, -0.2) is 17.8 Å². The zero-order valence-corrected chi connectivity index (χ0v) is 14.0. The highest BCUT2D eigenvalue weighted by Crippen LogP contribution is 2.38. The van der Waals surface area contributed by atoms with Crippen LogP contribution in [0.4, 0.5) is 5.95 Å². The van der Waals surface area contributed by atoms with Crippen LogP contribution >= 0.6 is 0 Å². The topological polar surface area (TPSA) is 95.3 Å². The second kappa shape index (κ2) is 5.66. The van der Waals surface area contributed by atoms with Gasteiger partial charge in [-0.2, -0.15) is 10.1 Å². The van der Waals surface area contributed by atoms with Crippen molar-refractivity contribution in [1.82, 2.24) is 14.8 Å². The summed E-state index contributed by atoms with van der Waals surface area (Å²) in [6.45, 7) is 1.05. The standard InChI is InChI=1S/C15H18N4O4S/c1-19-15(16-14(17-19)10-3-4-10)18-24(20,21)11-5-6-12-13(9-11)23-8-2-7-22-12/h5-6,9-10H,2-4,7-8H2,1H3,(H,16,17,18).